The molecule has 18 heavy (non-hydrogen) atoms. The van der Waals surface area contributed by atoms with Crippen LogP contribution in [-0.2, 0) is 11.2 Å². The topological polar surface area (TPSA) is 60.2 Å². The molecule has 2 heterocycles. The van der Waals surface area contributed by atoms with Crippen molar-refractivity contribution in [2.24, 2.45) is 5.84 Å². The van der Waals surface area contributed by atoms with Crippen molar-refractivity contribution in [3.8, 4) is 0 Å². The molecule has 2 atom stereocenters. The maximum atomic E-state index is 6.14. The Bertz CT molecular complexity index is 394. The smallest absolute Gasteiger partial charge is 0.0823 e. The van der Waals surface area contributed by atoms with Gasteiger partial charge < -0.3 is 4.74 Å². The van der Waals surface area contributed by atoms with Crippen molar-refractivity contribution < 1.29 is 4.74 Å². The van der Waals surface area contributed by atoms with E-state index in [0.717, 1.165) is 31.4 Å². The molecule has 5 heteroatoms. The van der Waals surface area contributed by atoms with E-state index in [4.69, 9.17) is 22.2 Å². The summed E-state index contributed by atoms with van der Waals surface area (Å²) in [5.41, 5.74) is 3.71. The summed E-state index contributed by atoms with van der Waals surface area (Å²) in [6, 6.07) is 1.98. The summed E-state index contributed by atoms with van der Waals surface area (Å²) in [7, 11) is 0. The van der Waals surface area contributed by atoms with Gasteiger partial charge in [0.25, 0.3) is 0 Å². The average Bonchev–Trinajstić information content (AvgIpc) is 2.38. The molecule has 1 fully saturated rings. The zero-order valence-electron chi connectivity index (χ0n) is 10.7. The molecule has 100 valence electrons. The Kier molecular flexibility index (Phi) is 4.56. The van der Waals surface area contributed by atoms with E-state index in [0.29, 0.717) is 5.02 Å². The van der Waals surface area contributed by atoms with E-state index in [1.54, 1.807) is 12.4 Å². The lowest BCUT2D eigenvalue weighted by Gasteiger charge is -2.40. The van der Waals surface area contributed by atoms with Gasteiger partial charge in [-0.15, -0.1) is 0 Å². The van der Waals surface area contributed by atoms with Gasteiger partial charge in [-0.05, 0) is 44.2 Å². The van der Waals surface area contributed by atoms with Gasteiger partial charge in [0.1, 0.15) is 0 Å². The van der Waals surface area contributed by atoms with Gasteiger partial charge in [-0.1, -0.05) is 11.6 Å². The van der Waals surface area contributed by atoms with Gasteiger partial charge in [0.2, 0.25) is 0 Å². The van der Waals surface area contributed by atoms with Gasteiger partial charge in [0, 0.05) is 19.0 Å². The van der Waals surface area contributed by atoms with Gasteiger partial charge in [0.05, 0.1) is 16.7 Å². The first-order valence-corrected chi connectivity index (χ1v) is 6.72. The second-order valence-corrected chi connectivity index (χ2v) is 5.42. The van der Waals surface area contributed by atoms with Crippen molar-refractivity contribution in [2.45, 2.75) is 44.2 Å². The van der Waals surface area contributed by atoms with Crippen molar-refractivity contribution in [1.29, 1.82) is 0 Å². The van der Waals surface area contributed by atoms with Crippen LogP contribution in [0.2, 0.25) is 5.02 Å². The van der Waals surface area contributed by atoms with Crippen LogP contribution in [0.15, 0.2) is 18.5 Å². The average molecular weight is 270 g/mol. The predicted molar refractivity (Wildman–Crippen MR) is 72.3 cm³/mol. The number of nitrogens with zero attached hydrogens (tertiary/aromatic N) is 1. The lowest BCUT2D eigenvalue weighted by molar-refractivity contribution is -0.0884. The molecule has 2 unspecified atom stereocenters. The van der Waals surface area contributed by atoms with Crippen LogP contribution in [0.5, 0.6) is 0 Å². The van der Waals surface area contributed by atoms with E-state index in [9.17, 15) is 0 Å². The zero-order chi connectivity index (χ0) is 13.0. The Balaban J connectivity index is 2.11. The third-order valence-corrected chi connectivity index (χ3v) is 4.06. The summed E-state index contributed by atoms with van der Waals surface area (Å²) < 4.78 is 5.93. The fourth-order valence-electron chi connectivity index (χ4n) is 2.47. The molecule has 4 nitrogen and oxygen atoms in total. The number of rotatable bonds is 4. The highest BCUT2D eigenvalue weighted by molar-refractivity contribution is 6.31. The molecule has 3 N–H and O–H groups in total. The van der Waals surface area contributed by atoms with Crippen LogP contribution in [0.4, 0.5) is 0 Å². The number of hydrogen-bond donors (Lipinski definition) is 2. The molecule has 1 aromatic heterocycles. The second-order valence-electron chi connectivity index (χ2n) is 5.01. The summed E-state index contributed by atoms with van der Waals surface area (Å²) in [4.78, 5) is 3.99. The van der Waals surface area contributed by atoms with Crippen molar-refractivity contribution in [1.82, 2.24) is 10.4 Å². The first kappa shape index (κ1) is 13.7. The number of nitrogens with two attached hydrogens (primary N) is 1. The fourth-order valence-corrected chi connectivity index (χ4v) is 2.67. The van der Waals surface area contributed by atoms with E-state index < -0.39 is 0 Å². The number of pyridine rings is 1. The Morgan fingerprint density at radius 1 is 1.61 bits per heavy atom. The van der Waals surface area contributed by atoms with Crippen LogP contribution in [0.25, 0.3) is 0 Å². The highest BCUT2D eigenvalue weighted by Gasteiger charge is 2.36. The second kappa shape index (κ2) is 5.97. The summed E-state index contributed by atoms with van der Waals surface area (Å²) in [6.07, 6.45) is 7.48. The van der Waals surface area contributed by atoms with Crippen molar-refractivity contribution >= 4 is 11.6 Å². The molecule has 1 aliphatic rings. The first-order chi connectivity index (χ1) is 8.65. The molecule has 0 aliphatic carbocycles. The quantitative estimate of drug-likeness (QED) is 0.649. The Morgan fingerprint density at radius 2 is 2.44 bits per heavy atom. The minimum Gasteiger partial charge on any atom is -0.374 e. The summed E-state index contributed by atoms with van der Waals surface area (Å²) in [5.74, 6) is 5.70. The van der Waals surface area contributed by atoms with Crippen molar-refractivity contribution in [2.75, 3.05) is 6.61 Å². The number of hydrazine groups is 1. The molecule has 1 aromatic rings. The van der Waals surface area contributed by atoms with E-state index in [2.05, 4.69) is 17.3 Å². The highest BCUT2D eigenvalue weighted by Crippen LogP contribution is 2.30. The molecular formula is C13H20ClN3O. The minimum atomic E-state index is -0.223. The normalized spacial score (nSPS) is 25.9. The highest BCUT2D eigenvalue weighted by atomic mass is 35.5. The monoisotopic (exact) mass is 269 g/mol. The molecule has 0 radical (unpaired) electrons. The summed E-state index contributed by atoms with van der Waals surface area (Å²) in [5, 5.41) is 0.678. The van der Waals surface area contributed by atoms with Crippen LogP contribution in [0.3, 0.4) is 0 Å². The zero-order valence-corrected chi connectivity index (χ0v) is 11.4. The van der Waals surface area contributed by atoms with Gasteiger partial charge in [-0.3, -0.25) is 16.3 Å². The van der Waals surface area contributed by atoms with Crippen LogP contribution in [0.1, 0.15) is 31.7 Å². The molecule has 0 saturated carbocycles. The molecule has 1 aliphatic heterocycles. The first-order valence-electron chi connectivity index (χ1n) is 6.34. The lowest BCUT2D eigenvalue weighted by atomic mass is 9.85. The summed E-state index contributed by atoms with van der Waals surface area (Å²) >= 11 is 6.14. The maximum absolute atomic E-state index is 6.14. The van der Waals surface area contributed by atoms with Gasteiger partial charge in [0.15, 0.2) is 0 Å². The third kappa shape index (κ3) is 3.01. The standard InChI is InChI=1S/C13H20ClN3O/c1-13(5-2-3-7-18-13)12(17-15)8-10-4-6-16-9-11(10)14/h4,6,9,12,17H,2-3,5,7-8,15H2,1H3. The molecule has 1 saturated heterocycles. The number of ether oxygens (including phenoxy) is 1. The summed E-state index contributed by atoms with van der Waals surface area (Å²) in [6.45, 7) is 2.92. The fraction of sp³-hybridized carbons (Fsp3) is 0.615. The Labute approximate surface area is 113 Å². The Hall–Kier alpha value is -0.680. The Morgan fingerprint density at radius 3 is 3.06 bits per heavy atom. The van der Waals surface area contributed by atoms with Gasteiger partial charge in [-0.25, -0.2) is 0 Å². The van der Waals surface area contributed by atoms with Gasteiger partial charge >= 0.3 is 0 Å². The number of hydrogen-bond acceptors (Lipinski definition) is 4. The molecule has 0 aromatic carbocycles. The van der Waals surface area contributed by atoms with E-state index in [1.165, 1.54) is 6.42 Å². The number of halogens is 1. The molecule has 0 bridgehead atoms. The largest absolute Gasteiger partial charge is 0.374 e. The van der Waals surface area contributed by atoms with E-state index in [1.807, 2.05) is 6.07 Å². The number of nitrogens with one attached hydrogen (secondary N) is 1. The number of aromatic nitrogens is 1. The van der Waals surface area contributed by atoms with Crippen molar-refractivity contribution in [3.63, 3.8) is 0 Å². The van der Waals surface area contributed by atoms with Crippen LogP contribution >= 0.6 is 11.6 Å². The molecule has 0 spiro atoms. The molecule has 2 rings (SSSR count). The lowest BCUT2D eigenvalue weighted by Crippen LogP contribution is -2.55. The van der Waals surface area contributed by atoms with Crippen LogP contribution in [0, 0.1) is 0 Å². The molecular weight excluding hydrogens is 250 g/mol. The predicted octanol–water partition coefficient (Wildman–Crippen LogP) is 2.07. The SMILES string of the molecule is CC1(C(Cc2ccncc2Cl)NN)CCCCO1. The van der Waals surface area contributed by atoms with Gasteiger partial charge in [-0.2, -0.15) is 0 Å². The van der Waals surface area contributed by atoms with Crippen molar-refractivity contribution in [3.05, 3.63) is 29.0 Å². The minimum absolute atomic E-state index is 0.0534. The maximum Gasteiger partial charge on any atom is 0.0823 e. The van der Waals surface area contributed by atoms with E-state index >= 15 is 0 Å². The molecule has 0 amide bonds. The van der Waals surface area contributed by atoms with E-state index in [-0.39, 0.29) is 11.6 Å². The van der Waals surface area contributed by atoms with Crippen LogP contribution < -0.4 is 11.3 Å². The third-order valence-electron chi connectivity index (χ3n) is 3.72. The van der Waals surface area contributed by atoms with Crippen LogP contribution in [-0.4, -0.2) is 23.2 Å².